The lowest BCUT2D eigenvalue weighted by atomic mass is 10.2. The van der Waals surface area contributed by atoms with Crippen molar-refractivity contribution in [2.45, 2.75) is 31.3 Å². The molecule has 0 spiro atoms. The highest BCUT2D eigenvalue weighted by molar-refractivity contribution is 7.89. The average Bonchev–Trinajstić information content (AvgIpc) is 2.38. The first-order valence-electron chi connectivity index (χ1n) is 6.35. The molecule has 0 aliphatic heterocycles. The minimum Gasteiger partial charge on any atom is -0.326 e. The van der Waals surface area contributed by atoms with Crippen LogP contribution in [-0.4, -0.2) is 39.5 Å². The summed E-state index contributed by atoms with van der Waals surface area (Å²) in [5.41, 5.74) is 6.32. The van der Waals surface area contributed by atoms with E-state index in [2.05, 4.69) is 23.5 Å². The molecule has 0 aliphatic carbocycles. The maximum atomic E-state index is 12.1. The highest BCUT2D eigenvalue weighted by Crippen LogP contribution is 2.10. The lowest BCUT2D eigenvalue weighted by Gasteiger charge is -2.20. The summed E-state index contributed by atoms with van der Waals surface area (Å²) in [6.07, 6.45) is 0. The van der Waals surface area contributed by atoms with Crippen LogP contribution >= 0.6 is 0 Å². The van der Waals surface area contributed by atoms with Gasteiger partial charge in [-0.25, -0.2) is 13.1 Å². The Morgan fingerprint density at radius 3 is 2.63 bits per heavy atom. The Labute approximate surface area is 115 Å². The molecule has 3 N–H and O–H groups in total. The van der Waals surface area contributed by atoms with E-state index >= 15 is 0 Å². The van der Waals surface area contributed by atoms with Crippen molar-refractivity contribution < 1.29 is 8.42 Å². The van der Waals surface area contributed by atoms with Gasteiger partial charge in [0.15, 0.2) is 0 Å². The lowest BCUT2D eigenvalue weighted by molar-refractivity contribution is 0.278. The van der Waals surface area contributed by atoms with E-state index in [1.165, 1.54) is 0 Å². The van der Waals surface area contributed by atoms with Crippen LogP contribution in [0.4, 0.5) is 0 Å². The molecule has 1 aromatic carbocycles. The Hall–Kier alpha value is -0.950. The van der Waals surface area contributed by atoms with Crippen LogP contribution in [0.25, 0.3) is 0 Å². The third-order valence-corrected chi connectivity index (χ3v) is 4.54. The topological polar surface area (TPSA) is 75.4 Å². The molecule has 0 heterocycles. The number of rotatable bonds is 7. The van der Waals surface area contributed by atoms with Gasteiger partial charge in [0.1, 0.15) is 0 Å². The normalized spacial score (nSPS) is 12.3. The molecule has 0 saturated heterocycles. The predicted octanol–water partition coefficient (Wildman–Crippen LogP) is 0.764. The average molecular weight is 285 g/mol. The predicted molar refractivity (Wildman–Crippen MR) is 77.3 cm³/mol. The van der Waals surface area contributed by atoms with E-state index < -0.39 is 10.0 Å². The van der Waals surface area contributed by atoms with Crippen molar-refractivity contribution in [1.29, 1.82) is 0 Å². The van der Waals surface area contributed by atoms with Crippen molar-refractivity contribution >= 4 is 10.0 Å². The standard InChI is InChI=1S/C13H23N3O2S/c1-11(2)16(3)8-7-15-19(17,18)13-6-4-5-12(9-13)10-14/h4-6,9,11,15H,7-8,10,14H2,1-3H3. The third kappa shape index (κ3) is 4.91. The molecule has 6 heteroatoms. The first kappa shape index (κ1) is 16.1. The van der Waals surface area contributed by atoms with Crippen molar-refractivity contribution in [3.05, 3.63) is 29.8 Å². The van der Waals surface area contributed by atoms with Gasteiger partial charge in [0, 0.05) is 25.7 Å². The fraction of sp³-hybridized carbons (Fsp3) is 0.538. The van der Waals surface area contributed by atoms with E-state index in [9.17, 15) is 8.42 Å². The Bertz CT molecular complexity index is 500. The van der Waals surface area contributed by atoms with Crippen molar-refractivity contribution in [3.8, 4) is 0 Å². The molecule has 0 unspecified atom stereocenters. The number of hydrogen-bond acceptors (Lipinski definition) is 4. The van der Waals surface area contributed by atoms with Gasteiger partial charge in [-0.15, -0.1) is 0 Å². The van der Waals surface area contributed by atoms with Crippen LogP contribution in [-0.2, 0) is 16.6 Å². The van der Waals surface area contributed by atoms with Crippen LogP contribution in [0.15, 0.2) is 29.2 Å². The van der Waals surface area contributed by atoms with E-state index in [-0.39, 0.29) is 4.90 Å². The van der Waals surface area contributed by atoms with Crippen molar-refractivity contribution in [2.75, 3.05) is 20.1 Å². The molecule has 0 bridgehead atoms. The Morgan fingerprint density at radius 2 is 2.05 bits per heavy atom. The molecule has 1 aromatic rings. The number of nitrogens with one attached hydrogen (secondary N) is 1. The fourth-order valence-corrected chi connectivity index (χ4v) is 2.63. The third-order valence-electron chi connectivity index (χ3n) is 3.08. The van der Waals surface area contributed by atoms with Gasteiger partial charge < -0.3 is 10.6 Å². The summed E-state index contributed by atoms with van der Waals surface area (Å²) in [6.45, 7) is 5.54. The summed E-state index contributed by atoms with van der Waals surface area (Å²) in [5.74, 6) is 0. The highest BCUT2D eigenvalue weighted by Gasteiger charge is 2.14. The van der Waals surface area contributed by atoms with E-state index in [4.69, 9.17) is 5.73 Å². The zero-order valence-electron chi connectivity index (χ0n) is 11.8. The minimum atomic E-state index is -3.45. The number of benzene rings is 1. The monoisotopic (exact) mass is 285 g/mol. The maximum Gasteiger partial charge on any atom is 0.240 e. The fourth-order valence-electron chi connectivity index (χ4n) is 1.54. The van der Waals surface area contributed by atoms with Crippen molar-refractivity contribution in [1.82, 2.24) is 9.62 Å². The lowest BCUT2D eigenvalue weighted by Crippen LogP contribution is -2.36. The van der Waals surface area contributed by atoms with E-state index in [0.29, 0.717) is 25.7 Å². The van der Waals surface area contributed by atoms with Crippen LogP contribution < -0.4 is 10.5 Å². The van der Waals surface area contributed by atoms with Gasteiger partial charge in [-0.05, 0) is 38.6 Å². The molecule has 5 nitrogen and oxygen atoms in total. The summed E-state index contributed by atoms with van der Waals surface area (Å²) in [6, 6.07) is 7.09. The van der Waals surface area contributed by atoms with Gasteiger partial charge in [-0.1, -0.05) is 12.1 Å². The first-order valence-corrected chi connectivity index (χ1v) is 7.84. The van der Waals surface area contributed by atoms with Gasteiger partial charge in [-0.3, -0.25) is 0 Å². The molecule has 19 heavy (non-hydrogen) atoms. The van der Waals surface area contributed by atoms with Crippen LogP contribution in [0.2, 0.25) is 0 Å². The molecule has 0 fully saturated rings. The molecular weight excluding hydrogens is 262 g/mol. The molecule has 0 aromatic heterocycles. The highest BCUT2D eigenvalue weighted by atomic mass is 32.2. The zero-order chi connectivity index (χ0) is 14.5. The van der Waals surface area contributed by atoms with Crippen LogP contribution in [0, 0.1) is 0 Å². The molecule has 0 radical (unpaired) electrons. The summed E-state index contributed by atoms with van der Waals surface area (Å²) in [5, 5.41) is 0. The van der Waals surface area contributed by atoms with Gasteiger partial charge in [0.25, 0.3) is 0 Å². The molecule has 1 rings (SSSR count). The zero-order valence-corrected chi connectivity index (χ0v) is 12.6. The maximum absolute atomic E-state index is 12.1. The van der Waals surface area contributed by atoms with Crippen LogP contribution in [0.3, 0.4) is 0 Å². The minimum absolute atomic E-state index is 0.266. The second-order valence-electron chi connectivity index (χ2n) is 4.82. The van der Waals surface area contributed by atoms with E-state index in [1.54, 1.807) is 18.2 Å². The second-order valence-corrected chi connectivity index (χ2v) is 6.59. The first-order chi connectivity index (χ1) is 8.86. The molecule has 0 aliphatic rings. The van der Waals surface area contributed by atoms with Gasteiger partial charge in [0.05, 0.1) is 4.90 Å². The largest absolute Gasteiger partial charge is 0.326 e. The van der Waals surface area contributed by atoms with Gasteiger partial charge in [-0.2, -0.15) is 0 Å². The number of hydrogen-bond donors (Lipinski definition) is 2. The number of nitrogens with two attached hydrogens (primary N) is 1. The Kier molecular flexibility index (Phi) is 5.93. The second kappa shape index (κ2) is 7.00. The Balaban J connectivity index is 2.65. The summed E-state index contributed by atoms with van der Waals surface area (Å²) < 4.78 is 26.8. The van der Waals surface area contributed by atoms with Crippen molar-refractivity contribution in [2.24, 2.45) is 5.73 Å². The van der Waals surface area contributed by atoms with Gasteiger partial charge in [0.2, 0.25) is 10.0 Å². The molecule has 0 amide bonds. The molecule has 108 valence electrons. The number of nitrogens with zero attached hydrogens (tertiary/aromatic N) is 1. The van der Waals surface area contributed by atoms with E-state index in [1.807, 2.05) is 13.1 Å². The summed E-state index contributed by atoms with van der Waals surface area (Å²) in [7, 11) is -1.48. The quantitative estimate of drug-likeness (QED) is 0.776. The summed E-state index contributed by atoms with van der Waals surface area (Å²) in [4.78, 5) is 2.35. The number of sulfonamides is 1. The van der Waals surface area contributed by atoms with Crippen LogP contribution in [0.1, 0.15) is 19.4 Å². The van der Waals surface area contributed by atoms with Crippen molar-refractivity contribution in [3.63, 3.8) is 0 Å². The smallest absolute Gasteiger partial charge is 0.240 e. The molecule has 0 saturated carbocycles. The number of likely N-dealkylation sites (N-methyl/N-ethyl adjacent to an activating group) is 1. The SMILES string of the molecule is CC(C)N(C)CCNS(=O)(=O)c1cccc(CN)c1. The van der Waals surface area contributed by atoms with E-state index in [0.717, 1.165) is 5.56 Å². The summed E-state index contributed by atoms with van der Waals surface area (Å²) >= 11 is 0. The molecule has 0 atom stereocenters. The Morgan fingerprint density at radius 1 is 1.37 bits per heavy atom. The molecular formula is C13H23N3O2S. The van der Waals surface area contributed by atoms with Crippen LogP contribution in [0.5, 0.6) is 0 Å². The van der Waals surface area contributed by atoms with Gasteiger partial charge >= 0.3 is 0 Å².